The summed E-state index contributed by atoms with van der Waals surface area (Å²) in [5.41, 5.74) is 0. The topological polar surface area (TPSA) is 108 Å². The van der Waals surface area contributed by atoms with Gasteiger partial charge in [-0.25, -0.2) is 4.57 Å². The summed E-state index contributed by atoms with van der Waals surface area (Å²) in [6.07, 6.45) is 47.9. The highest BCUT2D eigenvalue weighted by Crippen LogP contribution is 2.43. The van der Waals surface area contributed by atoms with E-state index in [0.29, 0.717) is 17.4 Å². The number of phosphoric acid groups is 1. The van der Waals surface area contributed by atoms with Gasteiger partial charge in [-0.15, -0.1) is 0 Å². The number of likely N-dealkylation sites (N-methyl/N-ethyl adjacent to an activating group) is 1. The first kappa shape index (κ1) is 57.2. The molecule has 2 atom stereocenters. The molecule has 2 unspecified atom stereocenters. The molecule has 0 amide bonds. The molecule has 0 radical (unpaired) electrons. The van der Waals surface area contributed by atoms with Crippen LogP contribution in [0, 0.1) is 0 Å². The van der Waals surface area contributed by atoms with Gasteiger partial charge in [-0.05, 0) is 51.4 Å². The molecule has 9 nitrogen and oxygen atoms in total. The zero-order valence-corrected chi connectivity index (χ0v) is 39.9. The van der Waals surface area contributed by atoms with Crippen molar-refractivity contribution in [1.82, 2.24) is 0 Å². The minimum absolute atomic E-state index is 0.0323. The van der Waals surface area contributed by atoms with Crippen LogP contribution in [0.15, 0.2) is 36.5 Å². The number of carbonyl (C=O) groups is 2. The van der Waals surface area contributed by atoms with Crippen LogP contribution in [0.3, 0.4) is 0 Å². The normalized spacial score (nSPS) is 13.8. The molecule has 0 saturated heterocycles. The van der Waals surface area contributed by atoms with Crippen LogP contribution in [-0.2, 0) is 32.7 Å². The Morgan fingerprint density at radius 2 is 0.915 bits per heavy atom. The first-order chi connectivity index (χ1) is 28.5. The number of nitrogens with zero attached hydrogens (tertiary/aromatic N) is 1. The molecule has 10 heteroatoms. The zero-order valence-electron chi connectivity index (χ0n) is 39.0. The van der Waals surface area contributed by atoms with Crippen molar-refractivity contribution in [1.29, 1.82) is 0 Å². The highest BCUT2D eigenvalue weighted by atomic mass is 31.2. The summed E-state index contributed by atoms with van der Waals surface area (Å²) in [5.74, 6) is -0.800. The van der Waals surface area contributed by atoms with E-state index >= 15 is 0 Å². The van der Waals surface area contributed by atoms with Crippen molar-refractivity contribution >= 4 is 19.8 Å². The third-order valence-electron chi connectivity index (χ3n) is 10.4. The lowest BCUT2D eigenvalue weighted by Gasteiger charge is -2.24. The second-order valence-corrected chi connectivity index (χ2v) is 19.0. The van der Waals surface area contributed by atoms with Crippen molar-refractivity contribution in [3.8, 4) is 0 Å². The Balaban J connectivity index is 4.10. The first-order valence-corrected chi connectivity index (χ1v) is 25.7. The maximum Gasteiger partial charge on any atom is 0.472 e. The van der Waals surface area contributed by atoms with E-state index < -0.39 is 26.5 Å². The fourth-order valence-electron chi connectivity index (χ4n) is 6.61. The Labute approximate surface area is 363 Å². The molecule has 59 heavy (non-hydrogen) atoms. The Hall–Kier alpha value is -1.77. The van der Waals surface area contributed by atoms with Crippen LogP contribution in [-0.4, -0.2) is 74.9 Å². The summed E-state index contributed by atoms with van der Waals surface area (Å²) in [6, 6.07) is 0. The molecule has 0 aliphatic rings. The quantitative estimate of drug-likeness (QED) is 0.0212. The largest absolute Gasteiger partial charge is 0.472 e. The SMILES string of the molecule is CCCCCCC/C=C\C/C=C\C/C=C\CCCCCCCCCCCCCCC(=O)OC(COC(=O)CCCCCCCCCC)COP(=O)(O)OCC[N+](C)(C)C. The Morgan fingerprint density at radius 1 is 0.525 bits per heavy atom. The summed E-state index contributed by atoms with van der Waals surface area (Å²) < 4.78 is 34.3. The van der Waals surface area contributed by atoms with Gasteiger partial charge in [-0.3, -0.25) is 18.6 Å². The third-order valence-corrected chi connectivity index (χ3v) is 11.4. The highest BCUT2D eigenvalue weighted by Gasteiger charge is 2.27. The molecular weight excluding hydrogens is 762 g/mol. The average molecular weight is 855 g/mol. The van der Waals surface area contributed by atoms with Crippen molar-refractivity contribution in [3.63, 3.8) is 0 Å². The Bertz CT molecular complexity index is 1100. The van der Waals surface area contributed by atoms with Crippen LogP contribution in [0.4, 0.5) is 0 Å². The zero-order chi connectivity index (χ0) is 43.6. The molecule has 0 heterocycles. The molecule has 0 bridgehead atoms. The molecule has 1 N–H and O–H groups in total. The lowest BCUT2D eigenvalue weighted by atomic mass is 10.0. The monoisotopic (exact) mass is 855 g/mol. The third kappa shape index (κ3) is 45.6. The van der Waals surface area contributed by atoms with Crippen LogP contribution in [0.2, 0.25) is 0 Å². The van der Waals surface area contributed by atoms with Crippen LogP contribution in [0.5, 0.6) is 0 Å². The predicted molar refractivity (Wildman–Crippen MR) is 247 cm³/mol. The summed E-state index contributed by atoms with van der Waals surface area (Å²) in [6.45, 7) is 4.38. The van der Waals surface area contributed by atoms with Gasteiger partial charge in [0.1, 0.15) is 19.8 Å². The molecule has 0 aliphatic heterocycles. The van der Waals surface area contributed by atoms with Gasteiger partial charge < -0.3 is 18.9 Å². The number of unbranched alkanes of at least 4 members (excludes halogenated alkanes) is 24. The van der Waals surface area contributed by atoms with Crippen LogP contribution in [0.25, 0.3) is 0 Å². The molecule has 0 aromatic rings. The molecule has 0 aliphatic carbocycles. The predicted octanol–water partition coefficient (Wildman–Crippen LogP) is 14.1. The summed E-state index contributed by atoms with van der Waals surface area (Å²) >= 11 is 0. The van der Waals surface area contributed by atoms with E-state index in [2.05, 4.69) is 50.3 Å². The highest BCUT2D eigenvalue weighted by molar-refractivity contribution is 7.47. The molecule has 0 saturated carbocycles. The fourth-order valence-corrected chi connectivity index (χ4v) is 7.35. The average Bonchev–Trinajstić information content (AvgIpc) is 3.19. The number of hydrogen-bond acceptors (Lipinski definition) is 7. The molecule has 0 rings (SSSR count). The molecule has 0 aromatic heterocycles. The fraction of sp³-hybridized carbons (Fsp3) is 0.837. The number of rotatable bonds is 44. The second-order valence-electron chi connectivity index (χ2n) is 17.5. The number of quaternary nitrogens is 1. The van der Waals surface area contributed by atoms with Gasteiger partial charge in [0.05, 0.1) is 27.7 Å². The molecule has 0 spiro atoms. The minimum Gasteiger partial charge on any atom is -0.462 e. The first-order valence-electron chi connectivity index (χ1n) is 24.2. The van der Waals surface area contributed by atoms with Crippen LogP contribution in [0.1, 0.15) is 213 Å². The van der Waals surface area contributed by atoms with E-state index in [1.54, 1.807) is 0 Å². The van der Waals surface area contributed by atoms with Crippen molar-refractivity contribution in [2.75, 3.05) is 47.5 Å². The molecule has 0 aromatic carbocycles. The van der Waals surface area contributed by atoms with Crippen LogP contribution >= 0.6 is 7.82 Å². The van der Waals surface area contributed by atoms with Crippen molar-refractivity contribution in [2.45, 2.75) is 219 Å². The smallest absolute Gasteiger partial charge is 0.462 e. The van der Waals surface area contributed by atoms with Gasteiger partial charge in [-0.1, -0.05) is 185 Å². The second kappa shape index (κ2) is 41.6. The lowest BCUT2D eigenvalue weighted by Crippen LogP contribution is -2.37. The van der Waals surface area contributed by atoms with E-state index in [1.807, 2.05) is 21.1 Å². The molecule has 346 valence electrons. The minimum atomic E-state index is -4.37. The van der Waals surface area contributed by atoms with Crippen LogP contribution < -0.4 is 0 Å². The van der Waals surface area contributed by atoms with E-state index in [0.717, 1.165) is 51.4 Å². The van der Waals surface area contributed by atoms with Gasteiger partial charge in [0.15, 0.2) is 6.10 Å². The van der Waals surface area contributed by atoms with E-state index in [9.17, 15) is 19.0 Å². The van der Waals surface area contributed by atoms with Gasteiger partial charge in [0.2, 0.25) is 0 Å². The number of carbonyl (C=O) groups excluding carboxylic acids is 2. The van der Waals surface area contributed by atoms with Crippen molar-refractivity contribution in [3.05, 3.63) is 36.5 Å². The maximum absolute atomic E-state index is 12.7. The molecular formula is C49H93NO8P+. The Morgan fingerprint density at radius 3 is 1.36 bits per heavy atom. The number of esters is 2. The molecule has 0 fully saturated rings. The summed E-state index contributed by atoms with van der Waals surface area (Å²) in [4.78, 5) is 35.3. The summed E-state index contributed by atoms with van der Waals surface area (Å²) in [7, 11) is 1.48. The number of allylic oxidation sites excluding steroid dienone is 6. The Kier molecular flexibility index (Phi) is 40.3. The number of hydrogen-bond donors (Lipinski definition) is 1. The van der Waals surface area contributed by atoms with Gasteiger partial charge in [0, 0.05) is 12.8 Å². The lowest BCUT2D eigenvalue weighted by molar-refractivity contribution is -0.870. The van der Waals surface area contributed by atoms with E-state index in [-0.39, 0.29) is 32.0 Å². The van der Waals surface area contributed by atoms with Crippen molar-refractivity contribution < 1.29 is 42.1 Å². The maximum atomic E-state index is 12.7. The number of phosphoric ester groups is 1. The number of ether oxygens (including phenoxy) is 2. The standard InChI is InChI=1S/C49H92NO8P/c1-6-8-10-12-14-16-17-18-19-20-21-22-23-24-25-26-27-28-29-30-31-32-33-34-36-38-40-42-49(52)58-47(46-57-59(53,54)56-44-43-50(3,4)5)45-55-48(51)41-39-37-35-15-13-11-9-7-2/h17-18,20-21,23-24,47H,6-16,19,22,25-46H2,1-5H3/p+1/b18-17-,21-20-,24-23-. The van der Waals surface area contributed by atoms with E-state index in [4.69, 9.17) is 18.5 Å². The van der Waals surface area contributed by atoms with E-state index in [1.165, 1.54) is 128 Å². The van der Waals surface area contributed by atoms with Crippen molar-refractivity contribution in [2.24, 2.45) is 0 Å². The summed E-state index contributed by atoms with van der Waals surface area (Å²) in [5, 5.41) is 0. The van der Waals surface area contributed by atoms with Gasteiger partial charge in [-0.2, -0.15) is 0 Å². The van der Waals surface area contributed by atoms with Gasteiger partial charge >= 0.3 is 19.8 Å². The van der Waals surface area contributed by atoms with Gasteiger partial charge in [0.25, 0.3) is 0 Å².